The van der Waals surface area contributed by atoms with Gasteiger partial charge in [0, 0.05) is 31.2 Å². The summed E-state index contributed by atoms with van der Waals surface area (Å²) in [5.41, 5.74) is 3.07. The molecule has 1 amide bonds. The smallest absolute Gasteiger partial charge is 0.237 e. The van der Waals surface area contributed by atoms with Crippen molar-refractivity contribution in [3.63, 3.8) is 0 Å². The summed E-state index contributed by atoms with van der Waals surface area (Å²) in [7, 11) is 1.92. The molecule has 1 atom stereocenters. The van der Waals surface area contributed by atoms with Crippen molar-refractivity contribution < 1.29 is 4.79 Å². The molecule has 6 heteroatoms. The predicted octanol–water partition coefficient (Wildman–Crippen LogP) is 1.52. The van der Waals surface area contributed by atoms with Crippen molar-refractivity contribution in [2.45, 2.75) is 51.2 Å². The number of pyridine rings is 1. The average Bonchev–Trinajstić information content (AvgIpc) is 3.14. The molecule has 2 aliphatic rings. The summed E-state index contributed by atoms with van der Waals surface area (Å²) < 4.78 is 1.82. The van der Waals surface area contributed by atoms with Gasteiger partial charge in [0.05, 0.1) is 11.7 Å². The summed E-state index contributed by atoms with van der Waals surface area (Å²) in [4.78, 5) is 19.2. The molecule has 3 heterocycles. The monoisotopic (exact) mass is 313 g/mol. The second-order valence-electron chi connectivity index (χ2n) is 6.84. The molecule has 1 aliphatic carbocycles. The molecule has 1 aliphatic heterocycles. The fourth-order valence-electron chi connectivity index (χ4n) is 3.51. The van der Waals surface area contributed by atoms with Crippen LogP contribution in [-0.4, -0.2) is 44.2 Å². The van der Waals surface area contributed by atoms with E-state index < -0.39 is 0 Å². The summed E-state index contributed by atoms with van der Waals surface area (Å²) in [6.45, 7) is 3.77. The molecular formula is C17H23N5O. The van der Waals surface area contributed by atoms with Crippen LogP contribution in [0.15, 0.2) is 12.3 Å². The number of hydrogen-bond donors (Lipinski definition) is 1. The molecule has 0 bridgehead atoms. The maximum Gasteiger partial charge on any atom is 0.237 e. The second-order valence-corrected chi connectivity index (χ2v) is 6.84. The van der Waals surface area contributed by atoms with E-state index in [0.717, 1.165) is 61.1 Å². The van der Waals surface area contributed by atoms with E-state index in [1.807, 2.05) is 24.9 Å². The van der Waals surface area contributed by atoms with Gasteiger partial charge in [-0.2, -0.15) is 5.10 Å². The number of fused-ring (bicyclic) bond motifs is 1. The van der Waals surface area contributed by atoms with Crippen LogP contribution in [0.2, 0.25) is 0 Å². The molecule has 4 rings (SSSR count). The van der Waals surface area contributed by atoms with Crippen LogP contribution in [0.3, 0.4) is 0 Å². The van der Waals surface area contributed by atoms with Crippen LogP contribution in [-0.2, 0) is 18.4 Å². The van der Waals surface area contributed by atoms with E-state index in [-0.39, 0.29) is 11.9 Å². The number of amides is 1. The van der Waals surface area contributed by atoms with Gasteiger partial charge in [0.1, 0.15) is 0 Å². The maximum atomic E-state index is 12.4. The molecule has 1 unspecified atom stereocenters. The van der Waals surface area contributed by atoms with Gasteiger partial charge < -0.3 is 5.32 Å². The van der Waals surface area contributed by atoms with E-state index in [1.54, 1.807) is 0 Å². The topological polar surface area (TPSA) is 63.1 Å². The third-order valence-corrected chi connectivity index (χ3v) is 4.90. The van der Waals surface area contributed by atoms with Crippen LogP contribution in [0.4, 0.5) is 0 Å². The zero-order valence-corrected chi connectivity index (χ0v) is 13.7. The van der Waals surface area contributed by atoms with Gasteiger partial charge in [-0.05, 0) is 50.8 Å². The number of aromatic nitrogens is 3. The summed E-state index contributed by atoms with van der Waals surface area (Å²) in [5.74, 6) is 0.205. The van der Waals surface area contributed by atoms with E-state index in [4.69, 9.17) is 0 Å². The molecule has 0 radical (unpaired) electrons. The number of carbonyl (C=O) groups excluding carboxylic acids is 1. The lowest BCUT2D eigenvalue weighted by Crippen LogP contribution is -2.43. The molecule has 23 heavy (non-hydrogen) atoms. The first-order chi connectivity index (χ1) is 11.1. The van der Waals surface area contributed by atoms with E-state index >= 15 is 0 Å². The minimum atomic E-state index is 0.0151. The molecule has 0 aromatic carbocycles. The Hall–Kier alpha value is -1.95. The Kier molecular flexibility index (Phi) is 3.56. The number of nitrogens with one attached hydrogen (secondary N) is 1. The molecule has 122 valence electrons. The Labute approximate surface area is 135 Å². The number of hydrogen-bond acceptors (Lipinski definition) is 4. The van der Waals surface area contributed by atoms with Crippen molar-refractivity contribution in [1.82, 2.24) is 25.0 Å². The van der Waals surface area contributed by atoms with Crippen LogP contribution in [0.1, 0.15) is 36.9 Å². The molecule has 2 aromatic rings. The first-order valence-corrected chi connectivity index (χ1v) is 8.44. The summed E-state index contributed by atoms with van der Waals surface area (Å²) >= 11 is 0. The van der Waals surface area contributed by atoms with Crippen molar-refractivity contribution in [2.75, 3.05) is 6.54 Å². The van der Waals surface area contributed by atoms with Crippen molar-refractivity contribution in [2.24, 2.45) is 7.05 Å². The molecule has 6 nitrogen and oxygen atoms in total. The van der Waals surface area contributed by atoms with E-state index in [0.29, 0.717) is 6.04 Å². The van der Waals surface area contributed by atoms with Crippen molar-refractivity contribution in [3.8, 4) is 0 Å². The van der Waals surface area contributed by atoms with E-state index in [2.05, 4.69) is 26.4 Å². The average molecular weight is 313 g/mol. The lowest BCUT2D eigenvalue weighted by atomic mass is 10.1. The summed E-state index contributed by atoms with van der Waals surface area (Å²) in [6.07, 6.45) is 6.24. The quantitative estimate of drug-likeness (QED) is 0.929. The Morgan fingerprint density at radius 2 is 2.22 bits per heavy atom. The number of nitrogens with zero attached hydrogens (tertiary/aromatic N) is 4. The van der Waals surface area contributed by atoms with Gasteiger partial charge in [-0.15, -0.1) is 0 Å². The van der Waals surface area contributed by atoms with Crippen LogP contribution < -0.4 is 5.32 Å². The van der Waals surface area contributed by atoms with Crippen LogP contribution in [0, 0.1) is 6.92 Å². The molecule has 1 saturated carbocycles. The van der Waals surface area contributed by atoms with Gasteiger partial charge in [0.15, 0.2) is 5.65 Å². The van der Waals surface area contributed by atoms with Gasteiger partial charge in [-0.25, -0.2) is 4.98 Å². The molecule has 2 aromatic heterocycles. The van der Waals surface area contributed by atoms with Gasteiger partial charge >= 0.3 is 0 Å². The minimum absolute atomic E-state index is 0.0151. The predicted molar refractivity (Wildman–Crippen MR) is 87.8 cm³/mol. The van der Waals surface area contributed by atoms with Crippen LogP contribution in [0.5, 0.6) is 0 Å². The number of likely N-dealkylation sites (tertiary alicyclic amines) is 1. The number of carbonyl (C=O) groups is 1. The van der Waals surface area contributed by atoms with Gasteiger partial charge in [0.2, 0.25) is 5.91 Å². The third kappa shape index (κ3) is 2.83. The Morgan fingerprint density at radius 3 is 3.00 bits per heavy atom. The molecular weight excluding hydrogens is 290 g/mol. The first kappa shape index (κ1) is 14.6. The number of rotatable bonds is 4. The minimum Gasteiger partial charge on any atom is -0.352 e. The SMILES string of the molecule is Cc1nn(C)c2ncc(CN3CCCC3C(=O)NC3CC3)cc12. The van der Waals surface area contributed by atoms with Crippen LogP contribution >= 0.6 is 0 Å². The zero-order chi connectivity index (χ0) is 16.0. The highest BCUT2D eigenvalue weighted by molar-refractivity contribution is 5.82. The summed E-state index contributed by atoms with van der Waals surface area (Å²) in [6, 6.07) is 2.61. The maximum absolute atomic E-state index is 12.4. The highest BCUT2D eigenvalue weighted by Gasteiger charge is 2.33. The molecule has 1 N–H and O–H groups in total. The fourth-order valence-corrected chi connectivity index (χ4v) is 3.51. The fraction of sp³-hybridized carbons (Fsp3) is 0.588. The third-order valence-electron chi connectivity index (χ3n) is 4.90. The Bertz CT molecular complexity index is 749. The van der Waals surface area contributed by atoms with Crippen molar-refractivity contribution >= 4 is 16.9 Å². The standard InChI is InChI=1S/C17H23N5O/c1-11-14-8-12(9-18-16(14)21(2)20-11)10-22-7-3-4-15(22)17(23)19-13-5-6-13/h8-9,13,15H,3-7,10H2,1-2H3,(H,19,23). The van der Waals surface area contributed by atoms with Crippen LogP contribution in [0.25, 0.3) is 11.0 Å². The van der Waals surface area contributed by atoms with Gasteiger partial charge in [0.25, 0.3) is 0 Å². The Morgan fingerprint density at radius 1 is 1.39 bits per heavy atom. The largest absolute Gasteiger partial charge is 0.352 e. The molecule has 1 saturated heterocycles. The molecule has 0 spiro atoms. The van der Waals surface area contributed by atoms with E-state index in [9.17, 15) is 4.79 Å². The zero-order valence-electron chi connectivity index (χ0n) is 13.7. The van der Waals surface area contributed by atoms with Gasteiger partial charge in [-0.3, -0.25) is 14.4 Å². The Balaban J connectivity index is 1.52. The molecule has 2 fully saturated rings. The lowest BCUT2D eigenvalue weighted by Gasteiger charge is -2.23. The van der Waals surface area contributed by atoms with Gasteiger partial charge in [-0.1, -0.05) is 0 Å². The van der Waals surface area contributed by atoms with E-state index in [1.165, 1.54) is 0 Å². The van der Waals surface area contributed by atoms with Crippen molar-refractivity contribution in [3.05, 3.63) is 23.5 Å². The normalized spacial score (nSPS) is 21.9. The highest BCUT2D eigenvalue weighted by atomic mass is 16.2. The first-order valence-electron chi connectivity index (χ1n) is 8.44. The lowest BCUT2D eigenvalue weighted by molar-refractivity contribution is -0.125. The summed E-state index contributed by atoms with van der Waals surface area (Å²) in [5, 5.41) is 8.67. The van der Waals surface area contributed by atoms with Crippen molar-refractivity contribution in [1.29, 1.82) is 0 Å². The number of aryl methyl sites for hydroxylation is 2. The highest BCUT2D eigenvalue weighted by Crippen LogP contribution is 2.24. The second kappa shape index (κ2) is 5.60.